The summed E-state index contributed by atoms with van der Waals surface area (Å²) in [6.07, 6.45) is 2.95. The van der Waals surface area contributed by atoms with Crippen LogP contribution in [-0.2, 0) is 4.74 Å². The molecule has 1 unspecified atom stereocenters. The number of rotatable bonds is 4. The first kappa shape index (κ1) is 12.9. The van der Waals surface area contributed by atoms with Crippen LogP contribution in [0.5, 0.6) is 0 Å². The lowest BCUT2D eigenvalue weighted by atomic mass is 10.1. The van der Waals surface area contributed by atoms with Crippen LogP contribution in [0.3, 0.4) is 0 Å². The first-order chi connectivity index (χ1) is 7.01. The Morgan fingerprint density at radius 1 is 1.40 bits per heavy atom. The van der Waals surface area contributed by atoms with E-state index in [9.17, 15) is 0 Å². The van der Waals surface area contributed by atoms with Gasteiger partial charge in [-0.05, 0) is 40.2 Å². The van der Waals surface area contributed by atoms with Gasteiger partial charge in [0.2, 0.25) is 0 Å². The molecule has 0 aromatic carbocycles. The predicted molar refractivity (Wildman–Crippen MR) is 64.2 cm³/mol. The monoisotopic (exact) mass is 214 g/mol. The lowest BCUT2D eigenvalue weighted by molar-refractivity contribution is 0.0314. The third-order valence-electron chi connectivity index (χ3n) is 2.88. The van der Waals surface area contributed by atoms with Crippen LogP contribution < -0.4 is 5.32 Å². The van der Waals surface area contributed by atoms with Crippen molar-refractivity contribution >= 4 is 0 Å². The fourth-order valence-corrected chi connectivity index (χ4v) is 2.00. The van der Waals surface area contributed by atoms with E-state index in [0.29, 0.717) is 6.10 Å². The normalized spacial score (nSPS) is 24.4. The SMILES string of the molecule is COC1CCCN(CCNC(C)(C)C)C1. The molecule has 0 bridgehead atoms. The van der Waals surface area contributed by atoms with Gasteiger partial charge in [-0.25, -0.2) is 0 Å². The predicted octanol–water partition coefficient (Wildman–Crippen LogP) is 1.49. The molecular formula is C12H26N2O. The molecule has 0 aromatic heterocycles. The van der Waals surface area contributed by atoms with Gasteiger partial charge in [0.05, 0.1) is 6.10 Å². The zero-order valence-corrected chi connectivity index (χ0v) is 10.7. The summed E-state index contributed by atoms with van der Waals surface area (Å²) in [5.74, 6) is 0. The largest absolute Gasteiger partial charge is 0.380 e. The fourth-order valence-electron chi connectivity index (χ4n) is 2.00. The Morgan fingerprint density at radius 3 is 2.73 bits per heavy atom. The summed E-state index contributed by atoms with van der Waals surface area (Å²) in [5.41, 5.74) is 0.233. The molecule has 0 saturated carbocycles. The lowest BCUT2D eigenvalue weighted by Gasteiger charge is -2.32. The zero-order valence-electron chi connectivity index (χ0n) is 10.7. The van der Waals surface area contributed by atoms with Gasteiger partial charge >= 0.3 is 0 Å². The van der Waals surface area contributed by atoms with Crippen LogP contribution >= 0.6 is 0 Å². The Balaban J connectivity index is 2.15. The third-order valence-corrected chi connectivity index (χ3v) is 2.88. The molecule has 1 rings (SSSR count). The van der Waals surface area contributed by atoms with Crippen molar-refractivity contribution in [2.45, 2.75) is 45.3 Å². The van der Waals surface area contributed by atoms with Crippen molar-refractivity contribution in [2.75, 3.05) is 33.3 Å². The van der Waals surface area contributed by atoms with Crippen LogP contribution in [-0.4, -0.2) is 49.8 Å². The molecule has 3 nitrogen and oxygen atoms in total. The average molecular weight is 214 g/mol. The van der Waals surface area contributed by atoms with Crippen LogP contribution in [0.1, 0.15) is 33.6 Å². The molecule has 1 fully saturated rings. The maximum Gasteiger partial charge on any atom is 0.0698 e. The molecule has 0 radical (unpaired) electrons. The quantitative estimate of drug-likeness (QED) is 0.767. The topological polar surface area (TPSA) is 24.5 Å². The van der Waals surface area contributed by atoms with Gasteiger partial charge in [-0.1, -0.05) is 0 Å². The smallest absolute Gasteiger partial charge is 0.0698 e. The van der Waals surface area contributed by atoms with Crippen LogP contribution in [0, 0.1) is 0 Å². The summed E-state index contributed by atoms with van der Waals surface area (Å²) in [6.45, 7) is 11.2. The first-order valence-electron chi connectivity index (χ1n) is 6.01. The van der Waals surface area contributed by atoms with Gasteiger partial charge in [-0.15, -0.1) is 0 Å². The Hall–Kier alpha value is -0.120. The van der Waals surface area contributed by atoms with Crippen molar-refractivity contribution < 1.29 is 4.74 Å². The highest BCUT2D eigenvalue weighted by molar-refractivity contribution is 4.75. The minimum absolute atomic E-state index is 0.233. The second-order valence-corrected chi connectivity index (χ2v) is 5.48. The molecule has 3 heteroatoms. The molecule has 1 aliphatic heterocycles. The summed E-state index contributed by atoms with van der Waals surface area (Å²) in [4.78, 5) is 2.50. The van der Waals surface area contributed by atoms with Crippen molar-refractivity contribution in [1.82, 2.24) is 10.2 Å². The molecule has 0 spiro atoms. The van der Waals surface area contributed by atoms with Crippen molar-refractivity contribution in [3.63, 3.8) is 0 Å². The Morgan fingerprint density at radius 2 is 2.13 bits per heavy atom. The number of methoxy groups -OCH3 is 1. The van der Waals surface area contributed by atoms with E-state index in [1.54, 1.807) is 0 Å². The van der Waals surface area contributed by atoms with E-state index in [2.05, 4.69) is 31.0 Å². The number of hydrogen-bond acceptors (Lipinski definition) is 3. The molecule has 0 aromatic rings. The van der Waals surface area contributed by atoms with Crippen molar-refractivity contribution in [1.29, 1.82) is 0 Å². The van der Waals surface area contributed by atoms with Crippen molar-refractivity contribution in [3.05, 3.63) is 0 Å². The number of ether oxygens (including phenoxy) is 1. The maximum atomic E-state index is 5.41. The third kappa shape index (κ3) is 5.50. The van der Waals surface area contributed by atoms with Gasteiger partial charge in [-0.2, -0.15) is 0 Å². The standard InChI is InChI=1S/C12H26N2O/c1-12(2,3)13-7-9-14-8-5-6-11(10-14)15-4/h11,13H,5-10H2,1-4H3. The molecule has 1 heterocycles. The molecule has 1 N–H and O–H groups in total. The van der Waals surface area contributed by atoms with E-state index in [1.807, 2.05) is 7.11 Å². The van der Waals surface area contributed by atoms with E-state index in [0.717, 1.165) is 19.6 Å². The zero-order chi connectivity index (χ0) is 11.3. The molecule has 0 amide bonds. The minimum atomic E-state index is 0.233. The molecule has 15 heavy (non-hydrogen) atoms. The van der Waals surface area contributed by atoms with E-state index >= 15 is 0 Å². The average Bonchev–Trinajstić information content (AvgIpc) is 2.16. The van der Waals surface area contributed by atoms with Crippen LogP contribution in [0.15, 0.2) is 0 Å². The molecular weight excluding hydrogens is 188 g/mol. The summed E-state index contributed by atoms with van der Waals surface area (Å²) in [5, 5.41) is 3.52. The van der Waals surface area contributed by atoms with E-state index in [4.69, 9.17) is 4.74 Å². The highest BCUT2D eigenvalue weighted by Gasteiger charge is 2.19. The number of piperidine rings is 1. The molecule has 0 aliphatic carbocycles. The van der Waals surface area contributed by atoms with Gasteiger partial charge in [0.1, 0.15) is 0 Å². The van der Waals surface area contributed by atoms with Crippen LogP contribution in [0.4, 0.5) is 0 Å². The molecule has 90 valence electrons. The highest BCUT2D eigenvalue weighted by atomic mass is 16.5. The Labute approximate surface area is 94.2 Å². The lowest BCUT2D eigenvalue weighted by Crippen LogP contribution is -2.45. The van der Waals surface area contributed by atoms with Crippen LogP contribution in [0.25, 0.3) is 0 Å². The van der Waals surface area contributed by atoms with E-state index in [-0.39, 0.29) is 5.54 Å². The highest BCUT2D eigenvalue weighted by Crippen LogP contribution is 2.11. The maximum absolute atomic E-state index is 5.41. The van der Waals surface area contributed by atoms with Gasteiger partial charge in [0.25, 0.3) is 0 Å². The van der Waals surface area contributed by atoms with Gasteiger partial charge in [0.15, 0.2) is 0 Å². The summed E-state index contributed by atoms with van der Waals surface area (Å²) in [7, 11) is 1.82. The van der Waals surface area contributed by atoms with Gasteiger partial charge in [0, 0.05) is 32.3 Å². The van der Waals surface area contributed by atoms with E-state index < -0.39 is 0 Å². The van der Waals surface area contributed by atoms with Crippen molar-refractivity contribution in [2.24, 2.45) is 0 Å². The van der Waals surface area contributed by atoms with Crippen molar-refractivity contribution in [3.8, 4) is 0 Å². The summed E-state index contributed by atoms with van der Waals surface area (Å²) < 4.78 is 5.41. The summed E-state index contributed by atoms with van der Waals surface area (Å²) in [6, 6.07) is 0. The van der Waals surface area contributed by atoms with Crippen LogP contribution in [0.2, 0.25) is 0 Å². The second-order valence-electron chi connectivity index (χ2n) is 5.48. The molecule has 1 atom stereocenters. The number of hydrogen-bond donors (Lipinski definition) is 1. The summed E-state index contributed by atoms with van der Waals surface area (Å²) >= 11 is 0. The molecule has 1 aliphatic rings. The minimum Gasteiger partial charge on any atom is -0.380 e. The number of likely N-dealkylation sites (tertiary alicyclic amines) is 1. The van der Waals surface area contributed by atoms with E-state index in [1.165, 1.54) is 19.4 Å². The van der Waals surface area contributed by atoms with Gasteiger partial charge in [-0.3, -0.25) is 4.90 Å². The number of nitrogens with zero attached hydrogens (tertiary/aromatic N) is 1. The Bertz CT molecular complexity index is 177. The Kier molecular flexibility index (Phi) is 5.03. The first-order valence-corrected chi connectivity index (χ1v) is 6.01. The second kappa shape index (κ2) is 5.83. The molecule has 1 saturated heterocycles. The fraction of sp³-hybridized carbons (Fsp3) is 1.00. The number of nitrogens with one attached hydrogen (secondary N) is 1. The van der Waals surface area contributed by atoms with Gasteiger partial charge < -0.3 is 10.1 Å².